The van der Waals surface area contributed by atoms with Gasteiger partial charge in [-0.15, -0.1) is 11.3 Å². The van der Waals surface area contributed by atoms with E-state index in [4.69, 9.17) is 0 Å². The Morgan fingerprint density at radius 3 is 2.21 bits per heavy atom. The lowest BCUT2D eigenvalue weighted by Gasteiger charge is -2.22. The van der Waals surface area contributed by atoms with Crippen LogP contribution in [0.2, 0.25) is 0 Å². The lowest BCUT2D eigenvalue weighted by molar-refractivity contribution is 0.681. The fourth-order valence-electron chi connectivity index (χ4n) is 3.10. The van der Waals surface area contributed by atoms with Crippen molar-refractivity contribution >= 4 is 17.2 Å². The molecule has 0 radical (unpaired) electrons. The van der Waals surface area contributed by atoms with Gasteiger partial charge in [0.1, 0.15) is 11.9 Å². The highest BCUT2D eigenvalue weighted by atomic mass is 32.1. The Morgan fingerprint density at radius 2 is 1.68 bits per heavy atom. The van der Waals surface area contributed by atoms with Gasteiger partial charge < -0.3 is 5.32 Å². The minimum absolute atomic E-state index is 0.0787. The van der Waals surface area contributed by atoms with E-state index in [0.29, 0.717) is 5.92 Å². The number of hydrogen-bond acceptors (Lipinski definition) is 5. The van der Waals surface area contributed by atoms with Gasteiger partial charge >= 0.3 is 5.69 Å². The number of hydrogen-bond donors (Lipinski definition) is 1. The second kappa shape index (κ2) is 7.87. The van der Waals surface area contributed by atoms with Gasteiger partial charge in [-0.05, 0) is 28.5 Å². The van der Waals surface area contributed by atoms with E-state index in [1.165, 1.54) is 17.2 Å². The van der Waals surface area contributed by atoms with Crippen LogP contribution in [0.5, 0.6) is 0 Å². The first-order valence-electron chi connectivity index (χ1n) is 8.95. The second-order valence-electron chi connectivity index (χ2n) is 6.96. The lowest BCUT2D eigenvalue weighted by atomic mass is 9.98. The normalized spacial score (nSPS) is 12.0. The molecule has 0 aliphatic rings. The summed E-state index contributed by atoms with van der Waals surface area (Å²) in [5.74, 6) is 0.646. The summed E-state index contributed by atoms with van der Waals surface area (Å²) in [4.78, 5) is 25.8. The van der Waals surface area contributed by atoms with Gasteiger partial charge in [0.05, 0.1) is 6.04 Å². The smallest absolute Gasteiger partial charge is 0.332 e. The second-order valence-corrected chi connectivity index (χ2v) is 7.93. The lowest BCUT2D eigenvalue weighted by Crippen LogP contribution is -2.40. The molecule has 7 heteroatoms. The zero-order chi connectivity index (χ0) is 20.4. The topological polar surface area (TPSA) is 79.8 Å². The van der Waals surface area contributed by atoms with Crippen LogP contribution in [0.15, 0.2) is 51.4 Å². The molecule has 0 fully saturated rings. The molecule has 144 valence electrons. The standard InChI is InChI=1S/C21H22N4O2S/c1-13(2)14-7-9-15(10-8-14)18(17-6-5-11-28-17)23-19-16(12-22)20(26)25(4)21(27)24(19)3/h5-11,13,18,23H,1-4H3. The number of nitrogens with one attached hydrogen (secondary N) is 1. The van der Waals surface area contributed by atoms with Gasteiger partial charge in [0.25, 0.3) is 5.56 Å². The number of anilines is 1. The number of rotatable bonds is 5. The third-order valence-corrected chi connectivity index (χ3v) is 5.76. The highest BCUT2D eigenvalue weighted by molar-refractivity contribution is 7.10. The maximum atomic E-state index is 12.4. The summed E-state index contributed by atoms with van der Waals surface area (Å²) in [6.07, 6.45) is 0. The van der Waals surface area contributed by atoms with Crippen molar-refractivity contribution in [1.29, 1.82) is 5.26 Å². The van der Waals surface area contributed by atoms with Crippen LogP contribution in [-0.4, -0.2) is 9.13 Å². The maximum absolute atomic E-state index is 12.4. The molecule has 1 atom stereocenters. The van der Waals surface area contributed by atoms with Gasteiger partial charge in [0.15, 0.2) is 5.56 Å². The quantitative estimate of drug-likeness (QED) is 0.720. The van der Waals surface area contributed by atoms with Crippen LogP contribution in [0, 0.1) is 11.3 Å². The number of nitrogens with zero attached hydrogens (tertiary/aromatic N) is 3. The number of nitriles is 1. The van der Waals surface area contributed by atoms with Crippen molar-refractivity contribution in [2.75, 3.05) is 5.32 Å². The number of aromatic nitrogens is 2. The molecule has 6 nitrogen and oxygen atoms in total. The molecule has 0 saturated carbocycles. The van der Waals surface area contributed by atoms with Gasteiger partial charge in [-0.2, -0.15) is 5.26 Å². The summed E-state index contributed by atoms with van der Waals surface area (Å²) in [6.45, 7) is 4.28. The Balaban J connectivity index is 2.14. The van der Waals surface area contributed by atoms with Gasteiger partial charge in [-0.3, -0.25) is 13.9 Å². The van der Waals surface area contributed by atoms with Crippen molar-refractivity contribution in [3.63, 3.8) is 0 Å². The van der Waals surface area contributed by atoms with E-state index in [-0.39, 0.29) is 17.4 Å². The van der Waals surface area contributed by atoms with E-state index in [2.05, 4.69) is 31.3 Å². The van der Waals surface area contributed by atoms with Crippen molar-refractivity contribution in [3.8, 4) is 6.07 Å². The molecular formula is C21H22N4O2S. The zero-order valence-corrected chi connectivity index (χ0v) is 17.1. The monoisotopic (exact) mass is 394 g/mol. The van der Waals surface area contributed by atoms with E-state index in [9.17, 15) is 14.9 Å². The van der Waals surface area contributed by atoms with E-state index >= 15 is 0 Å². The van der Waals surface area contributed by atoms with Crippen LogP contribution in [0.4, 0.5) is 5.82 Å². The van der Waals surface area contributed by atoms with E-state index in [0.717, 1.165) is 15.0 Å². The molecule has 1 unspecified atom stereocenters. The minimum atomic E-state index is -0.604. The Hall–Kier alpha value is -3.11. The van der Waals surface area contributed by atoms with Gasteiger partial charge in [0.2, 0.25) is 0 Å². The summed E-state index contributed by atoms with van der Waals surface area (Å²) in [6, 6.07) is 13.8. The Labute approximate surface area is 167 Å². The molecule has 0 spiro atoms. The molecule has 2 heterocycles. The van der Waals surface area contributed by atoms with Crippen molar-refractivity contribution in [1.82, 2.24) is 9.13 Å². The van der Waals surface area contributed by atoms with Crippen molar-refractivity contribution < 1.29 is 0 Å². The molecule has 28 heavy (non-hydrogen) atoms. The molecule has 1 aromatic carbocycles. The van der Waals surface area contributed by atoms with E-state index in [1.807, 2.05) is 35.7 Å². The van der Waals surface area contributed by atoms with Gasteiger partial charge in [0, 0.05) is 19.0 Å². The van der Waals surface area contributed by atoms with Crippen LogP contribution in [0.1, 0.15) is 47.4 Å². The van der Waals surface area contributed by atoms with E-state index in [1.54, 1.807) is 18.4 Å². The number of benzene rings is 1. The molecule has 2 aromatic heterocycles. The highest BCUT2D eigenvalue weighted by Crippen LogP contribution is 2.31. The summed E-state index contributed by atoms with van der Waals surface area (Å²) in [5, 5.41) is 14.8. The predicted molar refractivity (Wildman–Crippen MR) is 112 cm³/mol. The van der Waals surface area contributed by atoms with Crippen molar-refractivity contribution in [2.45, 2.75) is 25.8 Å². The van der Waals surface area contributed by atoms with Crippen LogP contribution in [0.3, 0.4) is 0 Å². The molecule has 3 rings (SSSR count). The highest BCUT2D eigenvalue weighted by Gasteiger charge is 2.22. The average Bonchev–Trinajstić information content (AvgIpc) is 3.22. The average molecular weight is 395 g/mol. The third kappa shape index (κ3) is 3.51. The molecular weight excluding hydrogens is 372 g/mol. The molecule has 0 saturated heterocycles. The Kier molecular flexibility index (Phi) is 5.52. The predicted octanol–water partition coefficient (Wildman–Crippen LogP) is 3.34. The first-order valence-corrected chi connectivity index (χ1v) is 9.83. The minimum Gasteiger partial charge on any atom is -0.358 e. The molecule has 3 aromatic rings. The zero-order valence-electron chi connectivity index (χ0n) is 16.3. The number of thiophene rings is 1. The Bertz CT molecular complexity index is 1130. The first-order chi connectivity index (χ1) is 13.3. The first kappa shape index (κ1) is 19.6. The maximum Gasteiger partial charge on any atom is 0.332 e. The van der Waals surface area contributed by atoms with Crippen molar-refractivity contribution in [3.05, 3.63) is 84.2 Å². The van der Waals surface area contributed by atoms with Crippen LogP contribution in [-0.2, 0) is 14.1 Å². The van der Waals surface area contributed by atoms with Gasteiger partial charge in [-0.25, -0.2) is 4.79 Å². The Morgan fingerprint density at radius 1 is 1.04 bits per heavy atom. The van der Waals surface area contributed by atoms with Gasteiger partial charge in [-0.1, -0.05) is 44.2 Å². The summed E-state index contributed by atoms with van der Waals surface area (Å²) < 4.78 is 2.25. The summed E-state index contributed by atoms with van der Waals surface area (Å²) in [5.41, 5.74) is 1.06. The fourth-order valence-corrected chi connectivity index (χ4v) is 3.90. The molecule has 0 aliphatic carbocycles. The molecule has 0 bridgehead atoms. The van der Waals surface area contributed by atoms with Crippen molar-refractivity contribution in [2.24, 2.45) is 14.1 Å². The molecule has 1 N–H and O–H groups in total. The molecule has 0 amide bonds. The van der Waals surface area contributed by atoms with Crippen LogP contribution >= 0.6 is 11.3 Å². The molecule has 0 aliphatic heterocycles. The van der Waals surface area contributed by atoms with Crippen LogP contribution < -0.4 is 16.6 Å². The summed E-state index contributed by atoms with van der Waals surface area (Å²) in [7, 11) is 2.93. The fraction of sp³-hybridized carbons (Fsp3) is 0.286. The summed E-state index contributed by atoms with van der Waals surface area (Å²) >= 11 is 1.57. The third-order valence-electron chi connectivity index (χ3n) is 4.82. The SMILES string of the molecule is CC(C)c1ccc(C(Nc2c(C#N)c(=O)n(C)c(=O)n2C)c2cccs2)cc1. The van der Waals surface area contributed by atoms with E-state index < -0.39 is 11.2 Å². The van der Waals surface area contributed by atoms with Crippen LogP contribution in [0.25, 0.3) is 0 Å². The largest absolute Gasteiger partial charge is 0.358 e.